The molecule has 31 heavy (non-hydrogen) atoms. The van der Waals surface area contributed by atoms with E-state index in [1.807, 2.05) is 12.3 Å². The van der Waals surface area contributed by atoms with Gasteiger partial charge in [-0.3, -0.25) is 0 Å². The minimum absolute atomic E-state index is 0. The van der Waals surface area contributed by atoms with Crippen molar-refractivity contribution in [2.75, 3.05) is 0 Å². The Morgan fingerprint density at radius 2 is 1.13 bits per heavy atom. The van der Waals surface area contributed by atoms with Crippen LogP contribution in [-0.4, -0.2) is 4.98 Å². The third-order valence-corrected chi connectivity index (χ3v) is 6.12. The molecule has 0 aliphatic rings. The summed E-state index contributed by atoms with van der Waals surface area (Å²) >= 11 is 0. The zero-order valence-corrected chi connectivity index (χ0v) is 21.5. The van der Waals surface area contributed by atoms with E-state index in [1.54, 1.807) is 0 Å². The molecule has 0 fully saturated rings. The first-order valence-electron chi connectivity index (χ1n) is 12.8. The highest BCUT2D eigenvalue weighted by Gasteiger charge is 2.12. The molecule has 0 radical (unpaired) electrons. The van der Waals surface area contributed by atoms with Crippen LogP contribution in [0.25, 0.3) is 11.4 Å². The number of rotatable bonds is 18. The van der Waals surface area contributed by atoms with Gasteiger partial charge in [-0.25, -0.2) is 4.98 Å². The maximum Gasteiger partial charge on any atom is 0.231 e. The van der Waals surface area contributed by atoms with E-state index in [-0.39, 0.29) is 17.0 Å². The van der Waals surface area contributed by atoms with Crippen molar-refractivity contribution in [1.82, 2.24) is 4.98 Å². The Balaban J connectivity index is 0.00000480. The van der Waals surface area contributed by atoms with Gasteiger partial charge in [-0.1, -0.05) is 103 Å². The average Bonchev–Trinajstić information content (AvgIpc) is 2.79. The molecule has 0 saturated carbocycles. The standard InChI is InChI=1S/C28H45N2.BrH/c1-2-3-4-5-6-7-8-9-10-11-12-13-14-15-16-20-25-30-26-21-18-23-28(30)27-22-17-19-24-29-27;/h17-19,21-24,26H,2-16,20,25H2,1H3;1H/q+1;/p-1. The molecule has 2 aromatic heterocycles. The van der Waals surface area contributed by atoms with E-state index in [2.05, 4.69) is 53.0 Å². The first-order valence-corrected chi connectivity index (χ1v) is 12.8. The van der Waals surface area contributed by atoms with Gasteiger partial charge in [0, 0.05) is 24.8 Å². The molecule has 174 valence electrons. The van der Waals surface area contributed by atoms with Crippen LogP contribution >= 0.6 is 0 Å². The van der Waals surface area contributed by atoms with Gasteiger partial charge < -0.3 is 17.0 Å². The summed E-state index contributed by atoms with van der Waals surface area (Å²) in [5.41, 5.74) is 2.29. The Kier molecular flexibility index (Phi) is 17.5. The van der Waals surface area contributed by atoms with Crippen LogP contribution in [0.4, 0.5) is 0 Å². The quantitative estimate of drug-likeness (QED) is 0.205. The maximum absolute atomic E-state index is 4.51. The van der Waals surface area contributed by atoms with E-state index >= 15 is 0 Å². The highest BCUT2D eigenvalue weighted by atomic mass is 79.9. The topological polar surface area (TPSA) is 16.8 Å². The summed E-state index contributed by atoms with van der Waals surface area (Å²) in [4.78, 5) is 4.51. The Hall–Kier alpha value is -1.22. The predicted molar refractivity (Wildman–Crippen MR) is 129 cm³/mol. The van der Waals surface area contributed by atoms with Crippen molar-refractivity contribution in [3.8, 4) is 11.4 Å². The van der Waals surface area contributed by atoms with Crippen molar-refractivity contribution >= 4 is 0 Å². The van der Waals surface area contributed by atoms with E-state index < -0.39 is 0 Å². The van der Waals surface area contributed by atoms with Gasteiger partial charge in [0.15, 0.2) is 6.20 Å². The van der Waals surface area contributed by atoms with Crippen molar-refractivity contribution in [2.45, 2.75) is 116 Å². The molecule has 2 aromatic rings. The molecule has 2 rings (SSSR count). The monoisotopic (exact) mass is 488 g/mol. The predicted octanol–water partition coefficient (Wildman–Crippen LogP) is 5.30. The van der Waals surface area contributed by atoms with Crippen molar-refractivity contribution in [2.24, 2.45) is 0 Å². The van der Waals surface area contributed by atoms with Crippen LogP contribution in [0.15, 0.2) is 48.8 Å². The Bertz CT molecular complexity index is 644. The van der Waals surface area contributed by atoms with Crippen LogP contribution in [0, 0.1) is 0 Å². The normalized spacial score (nSPS) is 10.7. The Labute approximate surface area is 202 Å². The first kappa shape index (κ1) is 27.8. The van der Waals surface area contributed by atoms with Gasteiger partial charge >= 0.3 is 0 Å². The van der Waals surface area contributed by atoms with Crippen molar-refractivity contribution in [3.63, 3.8) is 0 Å². The lowest BCUT2D eigenvalue weighted by Crippen LogP contribution is -3.00. The van der Waals surface area contributed by atoms with Gasteiger partial charge in [-0.05, 0) is 24.6 Å². The van der Waals surface area contributed by atoms with E-state index in [1.165, 1.54) is 108 Å². The molecule has 0 bridgehead atoms. The van der Waals surface area contributed by atoms with Gasteiger partial charge in [0.25, 0.3) is 0 Å². The first-order chi connectivity index (χ1) is 14.9. The van der Waals surface area contributed by atoms with Gasteiger partial charge in [0.1, 0.15) is 12.2 Å². The molecular formula is C28H45BrN2. The number of nitrogens with zero attached hydrogens (tertiary/aromatic N) is 2. The smallest absolute Gasteiger partial charge is 0.231 e. The minimum Gasteiger partial charge on any atom is -1.00 e. The molecule has 0 aromatic carbocycles. The molecule has 0 N–H and O–H groups in total. The summed E-state index contributed by atoms with van der Waals surface area (Å²) in [5.74, 6) is 0. The number of halogens is 1. The van der Waals surface area contributed by atoms with Gasteiger partial charge in [-0.15, -0.1) is 0 Å². The third kappa shape index (κ3) is 13.0. The fourth-order valence-corrected chi connectivity index (χ4v) is 4.25. The summed E-state index contributed by atoms with van der Waals surface area (Å²) in [7, 11) is 0. The second-order valence-corrected chi connectivity index (χ2v) is 8.80. The Morgan fingerprint density at radius 3 is 1.65 bits per heavy atom. The maximum atomic E-state index is 4.51. The molecular weight excluding hydrogens is 444 g/mol. The van der Waals surface area contributed by atoms with Crippen LogP contribution in [-0.2, 0) is 6.54 Å². The number of hydrogen-bond acceptors (Lipinski definition) is 1. The summed E-state index contributed by atoms with van der Waals surface area (Å²) in [6.45, 7) is 3.38. The number of aromatic nitrogens is 2. The second kappa shape index (κ2) is 19.5. The molecule has 3 heteroatoms. The highest BCUT2D eigenvalue weighted by Crippen LogP contribution is 2.14. The largest absolute Gasteiger partial charge is 1.00 e. The molecule has 0 spiro atoms. The van der Waals surface area contributed by atoms with Crippen molar-refractivity contribution in [3.05, 3.63) is 48.8 Å². The number of aryl methyl sites for hydroxylation is 1. The lowest BCUT2D eigenvalue weighted by atomic mass is 10.0. The Morgan fingerprint density at radius 1 is 0.613 bits per heavy atom. The molecule has 0 aliphatic heterocycles. The molecule has 2 heterocycles. The van der Waals surface area contributed by atoms with E-state index in [9.17, 15) is 0 Å². The summed E-state index contributed by atoms with van der Waals surface area (Å²) in [6, 6.07) is 12.5. The van der Waals surface area contributed by atoms with Crippen LogP contribution in [0.1, 0.15) is 110 Å². The fourth-order valence-electron chi connectivity index (χ4n) is 4.25. The van der Waals surface area contributed by atoms with Crippen molar-refractivity contribution < 1.29 is 21.5 Å². The summed E-state index contributed by atoms with van der Waals surface area (Å²) in [6.07, 6.45) is 26.8. The molecule has 2 nitrogen and oxygen atoms in total. The van der Waals surface area contributed by atoms with E-state index in [0.29, 0.717) is 0 Å². The molecule has 0 saturated heterocycles. The SMILES string of the molecule is CCCCCCCCCCCCCCCCCC[n+]1ccccc1-c1ccccn1.[Br-]. The van der Waals surface area contributed by atoms with Crippen molar-refractivity contribution in [1.29, 1.82) is 0 Å². The number of unbranched alkanes of at least 4 members (excludes halogenated alkanes) is 15. The lowest BCUT2D eigenvalue weighted by molar-refractivity contribution is -0.686. The minimum atomic E-state index is 0. The van der Waals surface area contributed by atoms with E-state index in [0.717, 1.165) is 12.2 Å². The summed E-state index contributed by atoms with van der Waals surface area (Å²) in [5, 5.41) is 0. The van der Waals surface area contributed by atoms with Gasteiger partial charge in [0.05, 0.1) is 0 Å². The van der Waals surface area contributed by atoms with E-state index in [4.69, 9.17) is 0 Å². The fraction of sp³-hybridized carbons (Fsp3) is 0.643. The average molecular weight is 490 g/mol. The van der Waals surface area contributed by atoms with Crippen LogP contribution in [0.2, 0.25) is 0 Å². The van der Waals surface area contributed by atoms with Crippen LogP contribution in [0.5, 0.6) is 0 Å². The lowest BCUT2D eigenvalue weighted by Gasteiger charge is -2.04. The van der Waals surface area contributed by atoms with Gasteiger partial charge in [-0.2, -0.15) is 4.57 Å². The van der Waals surface area contributed by atoms with Crippen LogP contribution in [0.3, 0.4) is 0 Å². The third-order valence-electron chi connectivity index (χ3n) is 6.12. The summed E-state index contributed by atoms with van der Waals surface area (Å²) < 4.78 is 2.35. The molecule has 0 atom stereocenters. The zero-order valence-electron chi connectivity index (χ0n) is 19.9. The highest BCUT2D eigenvalue weighted by molar-refractivity contribution is 5.49. The molecule has 0 amide bonds. The number of pyridine rings is 2. The molecule has 0 unspecified atom stereocenters. The second-order valence-electron chi connectivity index (χ2n) is 8.80. The van der Waals surface area contributed by atoms with Crippen LogP contribution < -0.4 is 21.5 Å². The molecule has 0 aliphatic carbocycles. The number of hydrogen-bond donors (Lipinski definition) is 0. The zero-order chi connectivity index (χ0) is 21.1. The van der Waals surface area contributed by atoms with Gasteiger partial charge in [0.2, 0.25) is 5.69 Å².